The van der Waals surface area contributed by atoms with Crippen LogP contribution in [-0.4, -0.2) is 60.0 Å². The molecule has 4 amide bonds. The number of urea groups is 1. The number of rotatable bonds is 9. The number of aliphatic carboxylic acids is 1. The predicted octanol–water partition coefficient (Wildman–Crippen LogP) is 5.69. The highest BCUT2D eigenvalue weighted by molar-refractivity contribution is 6.30. The number of benzene rings is 3. The maximum atomic E-state index is 13.5. The van der Waals surface area contributed by atoms with Gasteiger partial charge in [0.15, 0.2) is 0 Å². The molecule has 0 bridgehead atoms. The SMILES string of the molecule is Cc1ccc(C(CC(=O)O)NC(=O)c2ccc(N3CCCN(C(=O)C4CC4)CC3)c(NC(=O)Nc3cccc(Cl)c3)c2)cc1. The zero-order valence-electron chi connectivity index (χ0n) is 24.5. The second-order valence-electron chi connectivity index (χ2n) is 11.3. The van der Waals surface area contributed by atoms with Crippen LogP contribution in [0, 0.1) is 12.8 Å². The van der Waals surface area contributed by atoms with Crippen LogP contribution in [-0.2, 0) is 9.59 Å². The largest absolute Gasteiger partial charge is 0.481 e. The lowest BCUT2D eigenvalue weighted by molar-refractivity contribution is -0.137. The van der Waals surface area contributed by atoms with E-state index in [2.05, 4.69) is 20.9 Å². The molecule has 1 unspecified atom stereocenters. The van der Waals surface area contributed by atoms with Gasteiger partial charge in [0.2, 0.25) is 5.91 Å². The minimum Gasteiger partial charge on any atom is -0.481 e. The number of anilines is 3. The van der Waals surface area contributed by atoms with Crippen molar-refractivity contribution in [1.29, 1.82) is 0 Å². The predicted molar refractivity (Wildman–Crippen MR) is 170 cm³/mol. The summed E-state index contributed by atoms with van der Waals surface area (Å²) in [6.45, 7) is 4.41. The molecule has 3 aromatic rings. The normalized spacial score (nSPS) is 15.6. The van der Waals surface area contributed by atoms with Crippen LogP contribution in [0.2, 0.25) is 5.02 Å². The van der Waals surface area contributed by atoms with Crippen LogP contribution in [0.15, 0.2) is 66.7 Å². The quantitative estimate of drug-likeness (QED) is 0.244. The van der Waals surface area contributed by atoms with E-state index < -0.39 is 23.9 Å². The van der Waals surface area contributed by atoms with Gasteiger partial charge in [-0.3, -0.25) is 14.4 Å². The van der Waals surface area contributed by atoms with Crippen LogP contribution in [0.25, 0.3) is 0 Å². The summed E-state index contributed by atoms with van der Waals surface area (Å²) in [5.74, 6) is -1.15. The molecule has 1 saturated carbocycles. The number of amides is 4. The Kier molecular flexibility index (Phi) is 9.69. The molecule has 1 atom stereocenters. The number of carbonyl (C=O) groups excluding carboxylic acids is 3. The van der Waals surface area contributed by atoms with Crippen LogP contribution in [0.3, 0.4) is 0 Å². The molecule has 0 aromatic heterocycles. The Morgan fingerprint density at radius 3 is 2.41 bits per heavy atom. The molecule has 3 aromatic carbocycles. The monoisotopic (exact) mass is 617 g/mol. The van der Waals surface area contributed by atoms with Crippen molar-refractivity contribution in [3.8, 4) is 0 Å². The molecule has 0 spiro atoms. The molecule has 230 valence electrons. The van der Waals surface area contributed by atoms with Crippen molar-refractivity contribution in [3.63, 3.8) is 0 Å². The second kappa shape index (κ2) is 13.8. The summed E-state index contributed by atoms with van der Waals surface area (Å²) < 4.78 is 0. The Morgan fingerprint density at radius 1 is 0.932 bits per heavy atom. The maximum Gasteiger partial charge on any atom is 0.323 e. The van der Waals surface area contributed by atoms with Gasteiger partial charge in [-0.05, 0) is 68.1 Å². The first kappa shape index (κ1) is 30.9. The van der Waals surface area contributed by atoms with E-state index in [4.69, 9.17) is 11.6 Å². The number of carboxylic acid groups (broad SMARTS) is 1. The summed E-state index contributed by atoms with van der Waals surface area (Å²) >= 11 is 6.08. The van der Waals surface area contributed by atoms with Gasteiger partial charge in [-0.25, -0.2) is 4.79 Å². The molecule has 1 aliphatic heterocycles. The van der Waals surface area contributed by atoms with Crippen LogP contribution in [0.1, 0.15) is 53.2 Å². The van der Waals surface area contributed by atoms with Crippen molar-refractivity contribution < 1.29 is 24.3 Å². The van der Waals surface area contributed by atoms with Gasteiger partial charge in [-0.1, -0.05) is 47.5 Å². The molecule has 0 radical (unpaired) electrons. The second-order valence-corrected chi connectivity index (χ2v) is 11.7. The Hall–Kier alpha value is -4.57. The fourth-order valence-electron chi connectivity index (χ4n) is 5.34. The standard InChI is InChI=1S/C33H36ClN5O5/c1-21-6-8-22(9-7-21)27(20-30(40)41)36-31(42)24-12-13-29(38-14-3-15-39(17-16-38)32(43)23-10-11-23)28(18-24)37-33(44)35-26-5-2-4-25(34)19-26/h2,4-9,12-13,18-19,23,27H,3,10-11,14-17,20H2,1H3,(H,36,42)(H,40,41)(H2,35,37,44). The molecular weight excluding hydrogens is 582 g/mol. The number of aryl methyl sites for hydroxylation is 1. The van der Waals surface area contributed by atoms with Gasteiger partial charge in [-0.15, -0.1) is 0 Å². The van der Waals surface area contributed by atoms with Crippen molar-refractivity contribution >= 4 is 52.5 Å². The van der Waals surface area contributed by atoms with Gasteiger partial charge in [0.1, 0.15) is 0 Å². The molecule has 1 heterocycles. The van der Waals surface area contributed by atoms with Crippen molar-refractivity contribution in [2.24, 2.45) is 5.92 Å². The van der Waals surface area contributed by atoms with E-state index >= 15 is 0 Å². The molecule has 2 aliphatic rings. The van der Waals surface area contributed by atoms with Crippen molar-refractivity contribution in [3.05, 3.63) is 88.4 Å². The maximum absolute atomic E-state index is 13.5. The number of hydrogen-bond acceptors (Lipinski definition) is 5. The zero-order valence-corrected chi connectivity index (χ0v) is 25.3. The summed E-state index contributed by atoms with van der Waals surface area (Å²) in [5.41, 5.74) is 3.58. The van der Waals surface area contributed by atoms with E-state index in [0.717, 1.165) is 24.8 Å². The van der Waals surface area contributed by atoms with Crippen LogP contribution in [0.4, 0.5) is 21.9 Å². The summed E-state index contributed by atoms with van der Waals surface area (Å²) in [4.78, 5) is 54.9. The summed E-state index contributed by atoms with van der Waals surface area (Å²) in [6, 6.07) is 17.9. The lowest BCUT2D eigenvalue weighted by atomic mass is 10.0. The van der Waals surface area contributed by atoms with E-state index in [1.807, 2.05) is 24.0 Å². The number of carbonyl (C=O) groups is 4. The molecular formula is C33H36ClN5O5. The molecule has 2 fully saturated rings. The van der Waals surface area contributed by atoms with E-state index in [9.17, 15) is 24.3 Å². The number of carboxylic acids is 1. The highest BCUT2D eigenvalue weighted by Gasteiger charge is 2.34. The van der Waals surface area contributed by atoms with Crippen LogP contribution < -0.4 is 20.9 Å². The third-order valence-corrected chi connectivity index (χ3v) is 8.06. The number of nitrogens with zero attached hydrogens (tertiary/aromatic N) is 2. The first-order chi connectivity index (χ1) is 21.2. The topological polar surface area (TPSA) is 131 Å². The van der Waals surface area contributed by atoms with E-state index in [-0.39, 0.29) is 23.8 Å². The Morgan fingerprint density at radius 2 is 1.70 bits per heavy atom. The van der Waals surface area contributed by atoms with Gasteiger partial charge >= 0.3 is 12.0 Å². The third kappa shape index (κ3) is 8.08. The number of nitrogens with one attached hydrogen (secondary N) is 3. The van der Waals surface area contributed by atoms with Crippen molar-refractivity contribution in [2.45, 2.75) is 38.6 Å². The van der Waals surface area contributed by atoms with Crippen LogP contribution >= 0.6 is 11.6 Å². The number of hydrogen-bond donors (Lipinski definition) is 4. The van der Waals surface area contributed by atoms with E-state index in [0.29, 0.717) is 53.8 Å². The average Bonchev–Trinajstić information content (AvgIpc) is 3.84. The molecule has 44 heavy (non-hydrogen) atoms. The highest BCUT2D eigenvalue weighted by atomic mass is 35.5. The first-order valence-electron chi connectivity index (χ1n) is 14.8. The number of halogens is 1. The molecule has 5 rings (SSSR count). The van der Waals surface area contributed by atoms with Gasteiger partial charge in [0, 0.05) is 48.4 Å². The fraction of sp³-hybridized carbons (Fsp3) is 0.333. The molecule has 4 N–H and O–H groups in total. The third-order valence-electron chi connectivity index (χ3n) is 7.83. The van der Waals surface area contributed by atoms with Gasteiger partial charge in [-0.2, -0.15) is 0 Å². The van der Waals surface area contributed by atoms with Gasteiger partial charge < -0.3 is 30.9 Å². The Balaban J connectivity index is 1.39. The smallest absolute Gasteiger partial charge is 0.323 e. The van der Waals surface area contributed by atoms with E-state index in [1.165, 1.54) is 0 Å². The summed E-state index contributed by atoms with van der Waals surface area (Å²) in [7, 11) is 0. The summed E-state index contributed by atoms with van der Waals surface area (Å²) in [6.07, 6.45) is 2.39. The Bertz CT molecular complexity index is 1540. The van der Waals surface area contributed by atoms with Crippen molar-refractivity contribution in [1.82, 2.24) is 10.2 Å². The van der Waals surface area contributed by atoms with E-state index in [1.54, 1.807) is 54.6 Å². The summed E-state index contributed by atoms with van der Waals surface area (Å²) in [5, 5.41) is 18.5. The average molecular weight is 618 g/mol. The van der Waals surface area contributed by atoms with Gasteiger partial charge in [0.25, 0.3) is 5.91 Å². The zero-order chi connectivity index (χ0) is 31.2. The highest BCUT2D eigenvalue weighted by Crippen LogP contribution is 2.33. The molecule has 1 saturated heterocycles. The van der Waals surface area contributed by atoms with Gasteiger partial charge in [0.05, 0.1) is 23.8 Å². The Labute approximate surface area is 261 Å². The molecule has 10 nitrogen and oxygen atoms in total. The molecule has 11 heteroatoms. The minimum absolute atomic E-state index is 0.150. The van der Waals surface area contributed by atoms with Crippen molar-refractivity contribution in [2.75, 3.05) is 41.7 Å². The lowest BCUT2D eigenvalue weighted by Crippen LogP contribution is -2.36. The minimum atomic E-state index is -1.04. The molecule has 1 aliphatic carbocycles. The lowest BCUT2D eigenvalue weighted by Gasteiger charge is -2.27. The fourth-order valence-corrected chi connectivity index (χ4v) is 5.53. The first-order valence-corrected chi connectivity index (χ1v) is 15.1. The van der Waals surface area contributed by atoms with Crippen LogP contribution in [0.5, 0.6) is 0 Å².